The van der Waals surface area contributed by atoms with Gasteiger partial charge in [0, 0.05) is 17.6 Å². The van der Waals surface area contributed by atoms with Crippen LogP contribution in [-0.2, 0) is 16.4 Å². The molecule has 0 fully saturated rings. The SMILES string of the molecule is Cl.Cl.NCc1ccc(S(=O)(=O)c2cnn(-c3ccccc3)c2)s1. The zero-order valence-electron chi connectivity index (χ0n) is 11.8. The van der Waals surface area contributed by atoms with E-state index in [2.05, 4.69) is 5.10 Å². The summed E-state index contributed by atoms with van der Waals surface area (Å²) in [6, 6.07) is 12.7. The fourth-order valence-electron chi connectivity index (χ4n) is 1.90. The van der Waals surface area contributed by atoms with Crippen LogP contribution in [0.5, 0.6) is 0 Å². The Morgan fingerprint density at radius 3 is 2.39 bits per heavy atom. The molecule has 23 heavy (non-hydrogen) atoms. The van der Waals surface area contributed by atoms with Gasteiger partial charge in [0.1, 0.15) is 9.10 Å². The molecule has 0 radical (unpaired) electrons. The highest BCUT2D eigenvalue weighted by molar-refractivity contribution is 7.93. The number of thiophene rings is 1. The summed E-state index contributed by atoms with van der Waals surface area (Å²) in [5, 5.41) is 4.12. The van der Waals surface area contributed by atoms with Crippen LogP contribution < -0.4 is 5.73 Å². The molecule has 0 aliphatic carbocycles. The zero-order chi connectivity index (χ0) is 14.9. The first-order chi connectivity index (χ1) is 10.1. The van der Waals surface area contributed by atoms with Crippen molar-refractivity contribution in [3.63, 3.8) is 0 Å². The number of hydrogen-bond acceptors (Lipinski definition) is 5. The van der Waals surface area contributed by atoms with Gasteiger partial charge in [-0.2, -0.15) is 5.10 Å². The number of aromatic nitrogens is 2. The van der Waals surface area contributed by atoms with Crippen molar-refractivity contribution < 1.29 is 8.42 Å². The molecule has 9 heteroatoms. The molecule has 2 aromatic heterocycles. The van der Waals surface area contributed by atoms with E-state index >= 15 is 0 Å². The summed E-state index contributed by atoms with van der Waals surface area (Å²) in [7, 11) is -3.54. The minimum Gasteiger partial charge on any atom is -0.326 e. The van der Waals surface area contributed by atoms with E-state index in [1.165, 1.54) is 23.7 Å². The van der Waals surface area contributed by atoms with Crippen molar-refractivity contribution in [1.29, 1.82) is 0 Å². The first-order valence-corrected chi connectivity index (χ1v) is 8.55. The molecule has 0 saturated carbocycles. The Hall–Kier alpha value is -1.38. The lowest BCUT2D eigenvalue weighted by atomic mass is 10.3. The number of nitrogens with two attached hydrogens (primary N) is 1. The average molecular weight is 392 g/mol. The number of benzene rings is 1. The van der Waals surface area contributed by atoms with Gasteiger partial charge < -0.3 is 5.73 Å². The monoisotopic (exact) mass is 391 g/mol. The summed E-state index contributed by atoms with van der Waals surface area (Å²) in [5.41, 5.74) is 6.34. The highest BCUT2D eigenvalue weighted by Gasteiger charge is 2.22. The third-order valence-corrected chi connectivity index (χ3v) is 6.30. The van der Waals surface area contributed by atoms with Crippen LogP contribution in [0, 0.1) is 0 Å². The molecule has 0 spiro atoms. The molecule has 3 aromatic rings. The third kappa shape index (κ3) is 3.94. The van der Waals surface area contributed by atoms with Crippen molar-refractivity contribution in [1.82, 2.24) is 9.78 Å². The van der Waals surface area contributed by atoms with Gasteiger partial charge in [-0.1, -0.05) is 18.2 Å². The molecule has 0 aliphatic rings. The smallest absolute Gasteiger partial charge is 0.219 e. The van der Waals surface area contributed by atoms with Gasteiger partial charge in [0.15, 0.2) is 0 Å². The highest BCUT2D eigenvalue weighted by atomic mass is 35.5. The molecule has 2 N–H and O–H groups in total. The van der Waals surface area contributed by atoms with Crippen molar-refractivity contribution >= 4 is 46.0 Å². The van der Waals surface area contributed by atoms with Crippen molar-refractivity contribution in [3.05, 3.63) is 59.7 Å². The summed E-state index contributed by atoms with van der Waals surface area (Å²) in [6.07, 6.45) is 2.89. The van der Waals surface area contributed by atoms with Crippen LogP contribution in [0.2, 0.25) is 0 Å². The molecular weight excluding hydrogens is 377 g/mol. The lowest BCUT2D eigenvalue weighted by molar-refractivity contribution is 0.598. The molecule has 2 heterocycles. The average Bonchev–Trinajstić information content (AvgIpc) is 3.18. The molecule has 0 bridgehead atoms. The number of nitrogens with zero attached hydrogens (tertiary/aromatic N) is 2. The van der Waals surface area contributed by atoms with E-state index in [9.17, 15) is 8.42 Å². The van der Waals surface area contributed by atoms with Gasteiger partial charge in [0.2, 0.25) is 9.84 Å². The molecule has 124 valence electrons. The van der Waals surface area contributed by atoms with Crippen LogP contribution in [0.4, 0.5) is 0 Å². The molecule has 5 nitrogen and oxygen atoms in total. The molecule has 0 aliphatic heterocycles. The Labute approximate surface area is 150 Å². The fraction of sp³-hybridized carbons (Fsp3) is 0.0714. The second kappa shape index (κ2) is 7.94. The minimum absolute atomic E-state index is 0. The van der Waals surface area contributed by atoms with Gasteiger partial charge in [0.05, 0.1) is 11.9 Å². The Bertz CT molecular complexity index is 861. The molecule has 1 aromatic carbocycles. The molecule has 3 rings (SSSR count). The van der Waals surface area contributed by atoms with E-state index in [4.69, 9.17) is 5.73 Å². The summed E-state index contributed by atoms with van der Waals surface area (Å²) in [4.78, 5) is 1.01. The normalized spacial score (nSPS) is 10.7. The van der Waals surface area contributed by atoms with Gasteiger partial charge in [-0.25, -0.2) is 13.1 Å². The summed E-state index contributed by atoms with van der Waals surface area (Å²) in [5.74, 6) is 0. The molecular formula is C14H15Cl2N3O2S2. The van der Waals surface area contributed by atoms with Crippen LogP contribution in [0.3, 0.4) is 0 Å². The first-order valence-electron chi connectivity index (χ1n) is 6.25. The maximum absolute atomic E-state index is 12.5. The van der Waals surface area contributed by atoms with Crippen molar-refractivity contribution in [2.45, 2.75) is 15.6 Å². The predicted octanol–water partition coefficient (Wildman–Crippen LogP) is 3.07. The number of rotatable bonds is 4. The Morgan fingerprint density at radius 1 is 1.09 bits per heavy atom. The van der Waals surface area contributed by atoms with Crippen molar-refractivity contribution in [3.8, 4) is 5.69 Å². The van der Waals surface area contributed by atoms with Crippen molar-refractivity contribution in [2.24, 2.45) is 5.73 Å². The van der Waals surface area contributed by atoms with Gasteiger partial charge in [0.25, 0.3) is 0 Å². The number of sulfone groups is 1. The second-order valence-corrected chi connectivity index (χ2v) is 7.73. The Balaban J connectivity index is 0.00000132. The maximum Gasteiger partial charge on any atom is 0.219 e. The van der Waals surface area contributed by atoms with Crippen molar-refractivity contribution in [2.75, 3.05) is 0 Å². The lowest BCUT2D eigenvalue weighted by Crippen LogP contribution is -1.98. The fourth-order valence-corrected chi connectivity index (χ4v) is 4.46. The van der Waals surface area contributed by atoms with E-state index in [1.54, 1.807) is 16.8 Å². The van der Waals surface area contributed by atoms with Crippen LogP contribution in [0.15, 0.2) is 64.0 Å². The largest absolute Gasteiger partial charge is 0.326 e. The summed E-state index contributed by atoms with van der Waals surface area (Å²) >= 11 is 1.19. The van der Waals surface area contributed by atoms with Gasteiger partial charge in [-0.05, 0) is 24.3 Å². The van der Waals surface area contributed by atoms with Crippen LogP contribution in [0.1, 0.15) is 4.88 Å². The third-order valence-electron chi connectivity index (χ3n) is 2.99. The molecule has 0 unspecified atom stereocenters. The van der Waals surface area contributed by atoms with E-state index in [0.29, 0.717) is 6.54 Å². The number of para-hydroxylation sites is 1. The summed E-state index contributed by atoms with van der Waals surface area (Å²) in [6.45, 7) is 0.337. The van der Waals surface area contributed by atoms with E-state index < -0.39 is 9.84 Å². The minimum atomic E-state index is -3.54. The van der Waals surface area contributed by atoms with Gasteiger partial charge in [-0.15, -0.1) is 36.2 Å². The van der Waals surface area contributed by atoms with E-state index in [0.717, 1.165) is 10.6 Å². The standard InChI is InChI=1S/C14H13N3O2S2.2ClH/c15-8-12-6-7-14(20-12)21(18,19)13-9-16-17(10-13)11-4-2-1-3-5-11;;/h1-7,9-10H,8,15H2;2*1H. The van der Waals surface area contributed by atoms with Gasteiger partial charge in [-0.3, -0.25) is 0 Å². The predicted molar refractivity (Wildman–Crippen MR) is 95.7 cm³/mol. The first kappa shape index (κ1) is 19.7. The quantitative estimate of drug-likeness (QED) is 0.740. The zero-order valence-corrected chi connectivity index (χ0v) is 15.1. The molecule has 0 atom stereocenters. The number of halogens is 2. The molecule has 0 amide bonds. The van der Waals surface area contributed by atoms with Crippen LogP contribution >= 0.6 is 36.2 Å². The lowest BCUT2D eigenvalue weighted by Gasteiger charge is -1.99. The summed E-state index contributed by atoms with van der Waals surface area (Å²) < 4.78 is 26.9. The second-order valence-electron chi connectivity index (χ2n) is 4.38. The topological polar surface area (TPSA) is 78.0 Å². The highest BCUT2D eigenvalue weighted by Crippen LogP contribution is 2.27. The Morgan fingerprint density at radius 2 is 1.78 bits per heavy atom. The Kier molecular flexibility index (Phi) is 6.79. The molecule has 0 saturated heterocycles. The van der Waals surface area contributed by atoms with Gasteiger partial charge >= 0.3 is 0 Å². The number of hydrogen-bond donors (Lipinski definition) is 1. The van der Waals surface area contributed by atoms with E-state index in [-0.39, 0.29) is 33.9 Å². The maximum atomic E-state index is 12.5. The van der Waals surface area contributed by atoms with Crippen LogP contribution in [0.25, 0.3) is 5.69 Å². The van der Waals surface area contributed by atoms with Crippen LogP contribution in [-0.4, -0.2) is 18.2 Å². The van der Waals surface area contributed by atoms with E-state index in [1.807, 2.05) is 30.3 Å².